The van der Waals surface area contributed by atoms with Crippen molar-refractivity contribution in [3.05, 3.63) is 46.0 Å². The van der Waals surface area contributed by atoms with Gasteiger partial charge in [-0.15, -0.1) is 10.1 Å². The SMILES string of the molecule is Cc1ccccc1.N=C(N)N.O=[N+]([O-])O. The van der Waals surface area contributed by atoms with Gasteiger partial charge in [0.15, 0.2) is 5.96 Å². The van der Waals surface area contributed by atoms with Crippen molar-refractivity contribution < 1.29 is 10.3 Å². The first kappa shape index (κ1) is 15.2. The molecule has 15 heavy (non-hydrogen) atoms. The summed E-state index contributed by atoms with van der Waals surface area (Å²) in [5.41, 5.74) is 10.3. The third kappa shape index (κ3) is 33.9. The minimum Gasteiger partial charge on any atom is -0.370 e. The first-order valence-corrected chi connectivity index (χ1v) is 3.80. The zero-order valence-electron chi connectivity index (χ0n) is 8.25. The molecule has 0 aliphatic rings. The standard InChI is InChI=1S/C7H8.CH5N3.HNO3/c1-7-5-3-2-4-6-7;2*2-1(3)4/h2-6H,1H3;(H5,2,3,4);(H,2,3,4). The van der Waals surface area contributed by atoms with Gasteiger partial charge in [-0.1, -0.05) is 35.9 Å². The van der Waals surface area contributed by atoms with Crippen LogP contribution in [0.15, 0.2) is 30.3 Å². The van der Waals surface area contributed by atoms with Crippen molar-refractivity contribution in [2.24, 2.45) is 11.5 Å². The topological polar surface area (TPSA) is 139 Å². The van der Waals surface area contributed by atoms with Crippen molar-refractivity contribution in [2.75, 3.05) is 0 Å². The van der Waals surface area contributed by atoms with Crippen LogP contribution in [-0.2, 0) is 0 Å². The summed E-state index contributed by atoms with van der Waals surface area (Å²) in [6.45, 7) is 2.08. The molecule has 1 aromatic carbocycles. The van der Waals surface area contributed by atoms with E-state index in [1.54, 1.807) is 0 Å². The maximum atomic E-state index is 8.36. The highest BCUT2D eigenvalue weighted by Crippen LogP contribution is 1.92. The molecular weight excluding hydrogens is 200 g/mol. The molecule has 1 aromatic rings. The molecule has 7 nitrogen and oxygen atoms in total. The van der Waals surface area contributed by atoms with Crippen molar-refractivity contribution in [1.29, 1.82) is 5.41 Å². The second kappa shape index (κ2) is 9.78. The fraction of sp³-hybridized carbons (Fsp3) is 0.125. The monoisotopic (exact) mass is 214 g/mol. The molecule has 1 rings (SSSR count). The molecule has 0 saturated carbocycles. The van der Waals surface area contributed by atoms with Gasteiger partial charge in [0.1, 0.15) is 0 Å². The average Bonchev–Trinajstić information content (AvgIpc) is 2.03. The summed E-state index contributed by atoms with van der Waals surface area (Å²) in [7, 11) is 0. The molecule has 0 spiro atoms. The first-order valence-electron chi connectivity index (χ1n) is 3.80. The molecule has 7 heteroatoms. The molecule has 0 saturated heterocycles. The van der Waals surface area contributed by atoms with Crippen molar-refractivity contribution in [2.45, 2.75) is 6.92 Å². The molecular formula is C8H14N4O3. The molecule has 0 radical (unpaired) electrons. The summed E-state index contributed by atoms with van der Waals surface area (Å²) in [5, 5.41) is 19.7. The molecule has 0 aromatic heterocycles. The van der Waals surface area contributed by atoms with E-state index in [9.17, 15) is 0 Å². The Labute approximate surface area is 86.9 Å². The number of rotatable bonds is 0. The van der Waals surface area contributed by atoms with E-state index >= 15 is 0 Å². The Balaban J connectivity index is 0. The molecule has 0 bridgehead atoms. The number of nitrogens with one attached hydrogen (secondary N) is 1. The lowest BCUT2D eigenvalue weighted by Crippen LogP contribution is -2.20. The summed E-state index contributed by atoms with van der Waals surface area (Å²) in [6, 6.07) is 10.3. The predicted molar refractivity (Wildman–Crippen MR) is 56.1 cm³/mol. The predicted octanol–water partition coefficient (Wildman–Crippen LogP) is 0.486. The molecule has 84 valence electrons. The van der Waals surface area contributed by atoms with Crippen LogP contribution >= 0.6 is 0 Å². The Morgan fingerprint density at radius 2 is 1.67 bits per heavy atom. The number of nitrogens with zero attached hydrogens (tertiary/aromatic N) is 1. The molecule has 0 heterocycles. The lowest BCUT2D eigenvalue weighted by molar-refractivity contribution is -0.742. The zero-order valence-corrected chi connectivity index (χ0v) is 8.25. The van der Waals surface area contributed by atoms with Gasteiger partial charge in [0.05, 0.1) is 0 Å². The zero-order chi connectivity index (χ0) is 12.3. The second-order valence-corrected chi connectivity index (χ2v) is 2.35. The van der Waals surface area contributed by atoms with Crippen LogP contribution in [0.1, 0.15) is 5.56 Å². The Kier molecular flexibility index (Phi) is 9.89. The highest BCUT2D eigenvalue weighted by Gasteiger charge is 1.72. The fourth-order valence-electron chi connectivity index (χ4n) is 0.534. The van der Waals surface area contributed by atoms with E-state index < -0.39 is 5.09 Å². The number of hydrogen-bond acceptors (Lipinski definition) is 3. The third-order valence-electron chi connectivity index (χ3n) is 0.940. The number of nitrogens with two attached hydrogens (primary N) is 2. The smallest absolute Gasteiger partial charge is 0.291 e. The van der Waals surface area contributed by atoms with Gasteiger partial charge in [0, 0.05) is 0 Å². The molecule has 6 N–H and O–H groups in total. The Bertz CT molecular complexity index is 269. The number of aryl methyl sites for hydroxylation is 1. The molecule has 0 unspecified atom stereocenters. The normalized spacial score (nSPS) is 7.27. The van der Waals surface area contributed by atoms with Crippen LogP contribution in [0.3, 0.4) is 0 Å². The highest BCUT2D eigenvalue weighted by atomic mass is 16.9. The highest BCUT2D eigenvalue weighted by molar-refractivity contribution is 5.71. The van der Waals surface area contributed by atoms with Gasteiger partial charge in [-0.2, -0.15) is 0 Å². The Morgan fingerprint density at radius 3 is 1.80 bits per heavy atom. The lowest BCUT2D eigenvalue weighted by atomic mass is 10.2. The average molecular weight is 214 g/mol. The summed E-state index contributed by atoms with van der Waals surface area (Å²) >= 11 is 0. The van der Waals surface area contributed by atoms with Crippen LogP contribution in [0, 0.1) is 22.4 Å². The van der Waals surface area contributed by atoms with Crippen LogP contribution < -0.4 is 11.5 Å². The largest absolute Gasteiger partial charge is 0.370 e. The Morgan fingerprint density at radius 1 is 1.40 bits per heavy atom. The summed E-state index contributed by atoms with van der Waals surface area (Å²) in [4.78, 5) is 8.36. The number of hydrogen-bond donors (Lipinski definition) is 4. The quantitative estimate of drug-likeness (QED) is 0.215. The number of guanidine groups is 1. The summed E-state index contributed by atoms with van der Waals surface area (Å²) in [6.07, 6.45) is 0. The van der Waals surface area contributed by atoms with E-state index in [2.05, 4.69) is 30.5 Å². The van der Waals surface area contributed by atoms with E-state index in [1.807, 2.05) is 18.2 Å². The summed E-state index contributed by atoms with van der Waals surface area (Å²) in [5.74, 6) is -0.333. The maximum absolute atomic E-state index is 8.36. The van der Waals surface area contributed by atoms with Crippen LogP contribution in [0.2, 0.25) is 0 Å². The molecule has 0 atom stereocenters. The van der Waals surface area contributed by atoms with E-state index in [0.717, 1.165) is 0 Å². The minimum absolute atomic E-state index is 0.333. The van der Waals surface area contributed by atoms with Crippen molar-refractivity contribution in [3.8, 4) is 0 Å². The molecule has 0 fully saturated rings. The summed E-state index contributed by atoms with van der Waals surface area (Å²) < 4.78 is 0. The van der Waals surface area contributed by atoms with E-state index in [1.165, 1.54) is 5.56 Å². The minimum atomic E-state index is -1.50. The van der Waals surface area contributed by atoms with Crippen LogP contribution in [0.4, 0.5) is 0 Å². The molecule has 0 aliphatic carbocycles. The second-order valence-electron chi connectivity index (χ2n) is 2.35. The Hall–Kier alpha value is -2.31. The van der Waals surface area contributed by atoms with Crippen LogP contribution in [-0.4, -0.2) is 16.3 Å². The molecule has 0 aliphatic heterocycles. The van der Waals surface area contributed by atoms with Crippen molar-refractivity contribution >= 4 is 5.96 Å². The van der Waals surface area contributed by atoms with Gasteiger partial charge in [0.2, 0.25) is 0 Å². The van der Waals surface area contributed by atoms with Crippen molar-refractivity contribution in [3.63, 3.8) is 0 Å². The van der Waals surface area contributed by atoms with Gasteiger partial charge >= 0.3 is 0 Å². The van der Waals surface area contributed by atoms with Crippen molar-refractivity contribution in [1.82, 2.24) is 0 Å². The lowest BCUT2D eigenvalue weighted by Gasteiger charge is -1.82. The van der Waals surface area contributed by atoms with E-state index in [4.69, 9.17) is 20.7 Å². The van der Waals surface area contributed by atoms with Gasteiger partial charge < -0.3 is 16.7 Å². The third-order valence-corrected chi connectivity index (χ3v) is 0.940. The van der Waals surface area contributed by atoms with Gasteiger partial charge in [0.25, 0.3) is 5.09 Å². The number of benzene rings is 1. The first-order chi connectivity index (χ1) is 6.86. The van der Waals surface area contributed by atoms with E-state index in [0.29, 0.717) is 0 Å². The van der Waals surface area contributed by atoms with Crippen LogP contribution in [0.5, 0.6) is 0 Å². The molecule has 0 amide bonds. The maximum Gasteiger partial charge on any atom is 0.291 e. The van der Waals surface area contributed by atoms with E-state index in [-0.39, 0.29) is 5.96 Å². The van der Waals surface area contributed by atoms with Gasteiger partial charge in [-0.3, -0.25) is 5.41 Å². The fourth-order valence-corrected chi connectivity index (χ4v) is 0.534. The van der Waals surface area contributed by atoms with Crippen LogP contribution in [0.25, 0.3) is 0 Å². The van der Waals surface area contributed by atoms with Gasteiger partial charge in [-0.25, -0.2) is 0 Å². The van der Waals surface area contributed by atoms with Gasteiger partial charge in [-0.05, 0) is 6.92 Å².